The summed E-state index contributed by atoms with van der Waals surface area (Å²) in [6.45, 7) is 1.70. The molecule has 1 atom stereocenters. The number of aromatic nitrogens is 1. The highest BCUT2D eigenvalue weighted by Gasteiger charge is 2.40. The molecule has 1 amide bonds. The maximum Gasteiger partial charge on any atom is 0.270 e. The van der Waals surface area contributed by atoms with Gasteiger partial charge in [-0.3, -0.25) is 4.79 Å². The van der Waals surface area contributed by atoms with E-state index in [0.717, 1.165) is 42.4 Å². The second kappa shape index (κ2) is 7.19. The zero-order valence-electron chi connectivity index (χ0n) is 15.1. The molecule has 2 aromatic carbocycles. The lowest BCUT2D eigenvalue weighted by Crippen LogP contribution is -2.55. The number of H-pyrrole nitrogens is 1. The van der Waals surface area contributed by atoms with Gasteiger partial charge in [0, 0.05) is 24.5 Å². The van der Waals surface area contributed by atoms with Crippen LogP contribution in [0.5, 0.6) is 0 Å². The van der Waals surface area contributed by atoms with Gasteiger partial charge in [0.15, 0.2) is 0 Å². The Morgan fingerprint density at radius 2 is 1.93 bits per heavy atom. The topological polar surface area (TPSA) is 48.1 Å². The van der Waals surface area contributed by atoms with E-state index in [1.807, 2.05) is 36.2 Å². The van der Waals surface area contributed by atoms with E-state index < -0.39 is 0 Å². The molecule has 0 saturated carbocycles. The van der Waals surface area contributed by atoms with Crippen LogP contribution in [0.1, 0.15) is 28.9 Å². The van der Waals surface area contributed by atoms with Crippen LogP contribution in [-0.2, 0) is 5.54 Å². The number of fused-ring (bicyclic) bond motifs is 1. The van der Waals surface area contributed by atoms with Gasteiger partial charge in [-0.25, -0.2) is 0 Å². The Balaban J connectivity index is 1.74. The monoisotopic (exact) mass is 401 g/mol. The number of aromatic amines is 1. The predicted molar refractivity (Wildman–Crippen MR) is 111 cm³/mol. The first kappa shape index (κ1) is 18.4. The molecular formula is C21H21Cl2N3O. The van der Waals surface area contributed by atoms with Crippen LogP contribution in [0, 0.1) is 0 Å². The largest absolute Gasteiger partial charge is 0.350 e. The Kier molecular flexibility index (Phi) is 4.89. The summed E-state index contributed by atoms with van der Waals surface area (Å²) in [4.78, 5) is 18.4. The molecule has 6 heteroatoms. The van der Waals surface area contributed by atoms with Crippen molar-refractivity contribution in [3.8, 4) is 0 Å². The van der Waals surface area contributed by atoms with E-state index in [1.54, 1.807) is 12.1 Å². The van der Waals surface area contributed by atoms with Crippen molar-refractivity contribution in [1.29, 1.82) is 0 Å². The molecule has 0 spiro atoms. The van der Waals surface area contributed by atoms with Crippen LogP contribution in [0.25, 0.3) is 10.9 Å². The molecule has 0 bridgehead atoms. The summed E-state index contributed by atoms with van der Waals surface area (Å²) in [7, 11) is 1.88. The minimum Gasteiger partial charge on any atom is -0.350 e. The third kappa shape index (κ3) is 3.12. The zero-order chi connectivity index (χ0) is 19.0. The zero-order valence-corrected chi connectivity index (χ0v) is 16.6. The summed E-state index contributed by atoms with van der Waals surface area (Å²) in [6.07, 6.45) is 1.93. The number of hydrogen-bond donors (Lipinski definition) is 2. The molecule has 2 heterocycles. The van der Waals surface area contributed by atoms with Crippen LogP contribution in [0.3, 0.4) is 0 Å². The van der Waals surface area contributed by atoms with Crippen LogP contribution < -0.4 is 5.32 Å². The molecule has 0 aliphatic carbocycles. The first-order valence-corrected chi connectivity index (χ1v) is 9.80. The van der Waals surface area contributed by atoms with Crippen molar-refractivity contribution in [1.82, 2.24) is 15.2 Å². The molecule has 1 aliphatic heterocycles. The van der Waals surface area contributed by atoms with Gasteiger partial charge in [0.25, 0.3) is 5.91 Å². The molecule has 1 saturated heterocycles. The van der Waals surface area contributed by atoms with E-state index in [4.69, 9.17) is 23.2 Å². The third-order valence-electron chi connectivity index (χ3n) is 5.54. The van der Waals surface area contributed by atoms with E-state index >= 15 is 0 Å². The van der Waals surface area contributed by atoms with E-state index in [1.165, 1.54) is 0 Å². The summed E-state index contributed by atoms with van der Waals surface area (Å²) in [5, 5.41) is 5.16. The molecule has 1 fully saturated rings. The fourth-order valence-electron chi connectivity index (χ4n) is 4.00. The van der Waals surface area contributed by atoms with Crippen LogP contribution >= 0.6 is 23.2 Å². The number of piperidine rings is 1. The minimum absolute atomic E-state index is 0.0639. The van der Waals surface area contributed by atoms with Gasteiger partial charge in [0.05, 0.1) is 15.6 Å². The van der Waals surface area contributed by atoms with Crippen LogP contribution in [-0.4, -0.2) is 35.9 Å². The number of nitrogens with one attached hydrogen (secondary N) is 2. The minimum atomic E-state index is -0.380. The van der Waals surface area contributed by atoms with E-state index in [2.05, 4.69) is 22.4 Å². The average molecular weight is 402 g/mol. The first-order valence-electron chi connectivity index (χ1n) is 9.04. The Morgan fingerprint density at radius 1 is 1.15 bits per heavy atom. The summed E-state index contributed by atoms with van der Waals surface area (Å²) in [6, 6.07) is 15.6. The normalized spacial score (nSPS) is 20.0. The number of hydrogen-bond acceptors (Lipinski definition) is 2. The Bertz CT molecular complexity index is 978. The van der Waals surface area contributed by atoms with E-state index in [9.17, 15) is 4.79 Å². The van der Waals surface area contributed by atoms with Crippen molar-refractivity contribution >= 4 is 40.0 Å². The van der Waals surface area contributed by atoms with Crippen molar-refractivity contribution in [2.24, 2.45) is 0 Å². The summed E-state index contributed by atoms with van der Waals surface area (Å²) in [5.74, 6) is -0.0639. The molecule has 0 radical (unpaired) electrons. The van der Waals surface area contributed by atoms with Crippen molar-refractivity contribution in [3.05, 3.63) is 69.8 Å². The molecule has 140 valence electrons. The third-order valence-corrected chi connectivity index (χ3v) is 6.36. The SMILES string of the molecule is CN(C(=O)c1cc2c(Cl)c(Cl)ccc2[nH]1)C1(c2ccccc2)CCCNC1. The number of amides is 1. The number of nitrogens with zero attached hydrogens (tertiary/aromatic N) is 1. The maximum atomic E-state index is 13.4. The fourth-order valence-corrected chi connectivity index (χ4v) is 4.38. The molecule has 4 rings (SSSR count). The van der Waals surface area contributed by atoms with Crippen molar-refractivity contribution in [2.75, 3.05) is 20.1 Å². The van der Waals surface area contributed by atoms with Crippen molar-refractivity contribution in [3.63, 3.8) is 0 Å². The van der Waals surface area contributed by atoms with Gasteiger partial charge in [-0.1, -0.05) is 53.5 Å². The van der Waals surface area contributed by atoms with E-state index in [-0.39, 0.29) is 11.4 Å². The van der Waals surface area contributed by atoms with Crippen molar-refractivity contribution in [2.45, 2.75) is 18.4 Å². The molecule has 27 heavy (non-hydrogen) atoms. The maximum absolute atomic E-state index is 13.4. The van der Waals surface area contributed by atoms with E-state index in [0.29, 0.717) is 15.7 Å². The Hall–Kier alpha value is -2.01. The number of likely N-dealkylation sites (N-methyl/N-ethyl adjacent to an activating group) is 1. The summed E-state index contributed by atoms with van der Waals surface area (Å²) >= 11 is 12.4. The highest BCUT2D eigenvalue weighted by atomic mass is 35.5. The molecule has 3 aromatic rings. The molecule has 4 nitrogen and oxygen atoms in total. The Labute approximate surface area is 168 Å². The smallest absolute Gasteiger partial charge is 0.270 e. The van der Waals surface area contributed by atoms with Gasteiger partial charge in [0.1, 0.15) is 5.69 Å². The standard InChI is InChI=1S/C21H21Cl2N3O/c1-26(21(10-5-11-24-13-21)14-6-3-2-4-7-14)20(27)18-12-15-17(25-18)9-8-16(22)19(15)23/h2-4,6-9,12,24-25H,5,10-11,13H2,1H3. The molecular weight excluding hydrogens is 381 g/mol. The van der Waals surface area contributed by atoms with Gasteiger partial charge in [-0.05, 0) is 43.1 Å². The first-order chi connectivity index (χ1) is 13.0. The summed E-state index contributed by atoms with van der Waals surface area (Å²) in [5.41, 5.74) is 2.08. The highest BCUT2D eigenvalue weighted by Crippen LogP contribution is 2.36. The van der Waals surface area contributed by atoms with Gasteiger partial charge in [-0.15, -0.1) is 0 Å². The van der Waals surface area contributed by atoms with Gasteiger partial charge in [-0.2, -0.15) is 0 Å². The highest BCUT2D eigenvalue weighted by molar-refractivity contribution is 6.45. The summed E-state index contributed by atoms with van der Waals surface area (Å²) < 4.78 is 0. The molecule has 1 aromatic heterocycles. The quantitative estimate of drug-likeness (QED) is 0.660. The van der Waals surface area contributed by atoms with Crippen LogP contribution in [0.2, 0.25) is 10.0 Å². The number of halogens is 2. The van der Waals surface area contributed by atoms with Crippen LogP contribution in [0.4, 0.5) is 0 Å². The number of carbonyl (C=O) groups excluding carboxylic acids is 1. The molecule has 1 unspecified atom stereocenters. The second-order valence-electron chi connectivity index (χ2n) is 7.05. The van der Waals surface area contributed by atoms with Crippen molar-refractivity contribution < 1.29 is 4.79 Å². The van der Waals surface area contributed by atoms with Crippen LogP contribution in [0.15, 0.2) is 48.5 Å². The lowest BCUT2D eigenvalue weighted by Gasteiger charge is -2.45. The predicted octanol–water partition coefficient (Wildman–Crippen LogP) is 4.83. The lowest BCUT2D eigenvalue weighted by molar-refractivity contribution is 0.0467. The van der Waals surface area contributed by atoms with Gasteiger partial charge < -0.3 is 15.2 Å². The number of benzene rings is 2. The molecule has 2 N–H and O–H groups in total. The second-order valence-corrected chi connectivity index (χ2v) is 7.83. The van der Waals surface area contributed by atoms with Gasteiger partial charge >= 0.3 is 0 Å². The number of carbonyl (C=O) groups is 1. The van der Waals surface area contributed by atoms with Gasteiger partial charge in [0.2, 0.25) is 0 Å². The lowest BCUT2D eigenvalue weighted by atomic mass is 9.81. The fraction of sp³-hybridized carbons (Fsp3) is 0.286. The molecule has 1 aliphatic rings. The Morgan fingerprint density at radius 3 is 2.63 bits per heavy atom. The average Bonchev–Trinajstić information content (AvgIpc) is 3.16. The number of rotatable bonds is 3.